The van der Waals surface area contributed by atoms with E-state index in [1.54, 1.807) is 0 Å². The maximum Gasteiger partial charge on any atom is -0.00194 e. The van der Waals surface area contributed by atoms with Gasteiger partial charge in [-0.1, -0.05) is 36.4 Å². The third-order valence-corrected chi connectivity index (χ3v) is 1.91. The Morgan fingerprint density at radius 2 is 1.92 bits per heavy atom. The summed E-state index contributed by atoms with van der Waals surface area (Å²) in [4.78, 5) is 0. The summed E-state index contributed by atoms with van der Waals surface area (Å²) in [5, 5.41) is 0. The van der Waals surface area contributed by atoms with Crippen LogP contribution in [0.2, 0.25) is 0 Å². The molecule has 58 valence electrons. The van der Waals surface area contributed by atoms with Gasteiger partial charge in [0.05, 0.1) is 0 Å². The van der Waals surface area contributed by atoms with E-state index >= 15 is 0 Å². The van der Waals surface area contributed by atoms with Crippen molar-refractivity contribution in [2.75, 3.05) is 0 Å². The topological polar surface area (TPSA) is 0 Å². The normalized spacial score (nSPS) is 13.5. The minimum Gasteiger partial charge on any atom is -0.121 e. The number of hydrogen-bond acceptors (Lipinski definition) is 0. The van der Waals surface area contributed by atoms with Crippen LogP contribution in [0.3, 0.4) is 0 Å². The van der Waals surface area contributed by atoms with Crippen molar-refractivity contribution in [3.63, 3.8) is 0 Å². The highest BCUT2D eigenvalue weighted by atomic mass is 14.0. The summed E-state index contributed by atoms with van der Waals surface area (Å²) in [6.07, 6.45) is 7.11. The van der Waals surface area contributed by atoms with Crippen LogP contribution in [0.5, 0.6) is 0 Å². The molecule has 1 aromatic carbocycles. The highest BCUT2D eigenvalue weighted by molar-refractivity contribution is 5.34. The van der Waals surface area contributed by atoms with Crippen LogP contribution in [0.25, 0.3) is 0 Å². The van der Waals surface area contributed by atoms with Gasteiger partial charge in [-0.25, -0.2) is 0 Å². The molecular formula is C12H10. The van der Waals surface area contributed by atoms with E-state index in [1.165, 1.54) is 11.1 Å². The van der Waals surface area contributed by atoms with Gasteiger partial charge in [-0.15, -0.1) is 5.73 Å². The maximum absolute atomic E-state index is 3.05. The molecule has 1 aliphatic rings. The van der Waals surface area contributed by atoms with E-state index in [2.05, 4.69) is 36.1 Å². The highest BCUT2D eigenvalue weighted by Gasteiger charge is 1.96. The number of rotatable bonds is 2. The smallest absolute Gasteiger partial charge is 0.00194 e. The zero-order valence-electron chi connectivity index (χ0n) is 6.83. The Labute approximate surface area is 72.5 Å². The van der Waals surface area contributed by atoms with Crippen molar-refractivity contribution < 1.29 is 0 Å². The van der Waals surface area contributed by atoms with E-state index in [9.17, 15) is 0 Å². The molecule has 0 spiro atoms. The first kappa shape index (κ1) is 7.15. The summed E-state index contributed by atoms with van der Waals surface area (Å²) in [7, 11) is 0. The molecule has 0 N–H and O–H groups in total. The van der Waals surface area contributed by atoms with Gasteiger partial charge in [0.1, 0.15) is 0 Å². The van der Waals surface area contributed by atoms with E-state index < -0.39 is 0 Å². The molecule has 0 amide bonds. The van der Waals surface area contributed by atoms with Crippen molar-refractivity contribution in [3.8, 4) is 0 Å². The van der Waals surface area contributed by atoms with E-state index in [4.69, 9.17) is 0 Å². The average molecular weight is 154 g/mol. The molecule has 0 heteroatoms. The van der Waals surface area contributed by atoms with Crippen molar-refractivity contribution >= 4 is 0 Å². The molecule has 0 saturated heterocycles. The molecule has 0 heterocycles. The first-order chi connectivity index (χ1) is 5.95. The Bertz CT molecular complexity index is 349. The lowest BCUT2D eigenvalue weighted by Crippen LogP contribution is -1.84. The minimum absolute atomic E-state index is 1.02. The summed E-state index contributed by atoms with van der Waals surface area (Å²) < 4.78 is 0. The van der Waals surface area contributed by atoms with Gasteiger partial charge in [0.2, 0.25) is 0 Å². The third-order valence-electron chi connectivity index (χ3n) is 1.91. The molecule has 0 bridgehead atoms. The van der Waals surface area contributed by atoms with Gasteiger partial charge in [-0.2, -0.15) is 0 Å². The van der Waals surface area contributed by atoms with Crippen molar-refractivity contribution in [2.24, 2.45) is 0 Å². The van der Waals surface area contributed by atoms with Gasteiger partial charge in [0, 0.05) is 0 Å². The monoisotopic (exact) mass is 154 g/mol. The summed E-state index contributed by atoms with van der Waals surface area (Å²) in [6.45, 7) is 0. The van der Waals surface area contributed by atoms with Gasteiger partial charge in [0.15, 0.2) is 0 Å². The minimum atomic E-state index is 1.02. The summed E-state index contributed by atoms with van der Waals surface area (Å²) in [5.74, 6) is 0. The summed E-state index contributed by atoms with van der Waals surface area (Å²) in [6, 6.07) is 10.5. The SMILES string of the molecule is C1=CC=C(Cc2ccccc2)C=1. The molecule has 0 fully saturated rings. The lowest BCUT2D eigenvalue weighted by atomic mass is 10.1. The lowest BCUT2D eigenvalue weighted by Gasteiger charge is -1.98. The molecule has 0 nitrogen and oxygen atoms in total. The Balaban J connectivity index is 2.10. The lowest BCUT2D eigenvalue weighted by molar-refractivity contribution is 1.20. The molecule has 0 aliphatic heterocycles. The second kappa shape index (κ2) is 3.25. The molecule has 0 aromatic heterocycles. The van der Waals surface area contributed by atoms with Crippen LogP contribution in [0.4, 0.5) is 0 Å². The van der Waals surface area contributed by atoms with Crippen LogP contribution < -0.4 is 0 Å². The third kappa shape index (κ3) is 1.55. The van der Waals surface area contributed by atoms with Gasteiger partial charge < -0.3 is 0 Å². The van der Waals surface area contributed by atoms with Gasteiger partial charge >= 0.3 is 0 Å². The van der Waals surface area contributed by atoms with Crippen LogP contribution in [0, 0.1) is 0 Å². The van der Waals surface area contributed by atoms with E-state index in [1.807, 2.05) is 18.2 Å². The van der Waals surface area contributed by atoms with E-state index in [0.29, 0.717) is 0 Å². The molecular weight excluding hydrogens is 144 g/mol. The molecule has 12 heavy (non-hydrogen) atoms. The van der Waals surface area contributed by atoms with Gasteiger partial charge in [0.25, 0.3) is 0 Å². The van der Waals surface area contributed by atoms with Crippen LogP contribution in [-0.2, 0) is 6.42 Å². The Morgan fingerprint density at radius 1 is 1.08 bits per heavy atom. The predicted octanol–water partition coefficient (Wildman–Crippen LogP) is 2.88. The predicted molar refractivity (Wildman–Crippen MR) is 50.9 cm³/mol. The fourth-order valence-corrected chi connectivity index (χ4v) is 1.30. The first-order valence-corrected chi connectivity index (χ1v) is 4.11. The number of hydrogen-bond donors (Lipinski definition) is 0. The van der Waals surface area contributed by atoms with E-state index in [-0.39, 0.29) is 0 Å². The summed E-state index contributed by atoms with van der Waals surface area (Å²) in [5.41, 5.74) is 5.74. The maximum atomic E-state index is 3.05. The van der Waals surface area contributed by atoms with Gasteiger partial charge in [-0.05, 0) is 29.7 Å². The fourth-order valence-electron chi connectivity index (χ4n) is 1.30. The quantitative estimate of drug-likeness (QED) is 0.574. The number of allylic oxidation sites excluding steroid dienone is 3. The van der Waals surface area contributed by atoms with Gasteiger partial charge in [-0.3, -0.25) is 0 Å². The van der Waals surface area contributed by atoms with Crippen molar-refractivity contribution in [1.82, 2.24) is 0 Å². The van der Waals surface area contributed by atoms with Crippen LogP contribution in [0.1, 0.15) is 5.56 Å². The molecule has 0 radical (unpaired) electrons. The second-order valence-corrected chi connectivity index (χ2v) is 2.88. The Kier molecular flexibility index (Phi) is 1.94. The van der Waals surface area contributed by atoms with Crippen molar-refractivity contribution in [2.45, 2.75) is 6.42 Å². The molecule has 0 atom stereocenters. The van der Waals surface area contributed by atoms with Crippen molar-refractivity contribution in [1.29, 1.82) is 0 Å². The molecule has 2 rings (SSSR count). The molecule has 1 aromatic rings. The average Bonchev–Trinajstić information content (AvgIpc) is 2.59. The Morgan fingerprint density at radius 3 is 2.58 bits per heavy atom. The zero-order chi connectivity index (χ0) is 8.23. The largest absolute Gasteiger partial charge is 0.121 e. The van der Waals surface area contributed by atoms with Crippen LogP contribution in [-0.4, -0.2) is 0 Å². The Hall–Kier alpha value is -1.52. The second-order valence-electron chi connectivity index (χ2n) is 2.88. The first-order valence-electron chi connectivity index (χ1n) is 4.11. The van der Waals surface area contributed by atoms with Crippen molar-refractivity contribution in [3.05, 3.63) is 65.4 Å². The molecule has 0 unspecified atom stereocenters. The fraction of sp³-hybridized carbons (Fsp3) is 0.0833. The zero-order valence-corrected chi connectivity index (χ0v) is 6.83. The standard InChI is InChI=1S/C12H10/c1-2-6-11(7-3-1)10-12-8-4-5-9-12/h1-4,6-9H,10H2. The number of benzene rings is 1. The summed E-state index contributed by atoms with van der Waals surface area (Å²) >= 11 is 0. The van der Waals surface area contributed by atoms with Crippen LogP contribution in [0.15, 0.2) is 59.9 Å². The molecule has 0 saturated carbocycles. The van der Waals surface area contributed by atoms with E-state index in [0.717, 1.165) is 6.42 Å². The highest BCUT2D eigenvalue weighted by Crippen LogP contribution is 2.11. The molecule has 1 aliphatic carbocycles. The van der Waals surface area contributed by atoms with Crippen LogP contribution >= 0.6 is 0 Å².